The number of rotatable bonds is 3. The summed E-state index contributed by atoms with van der Waals surface area (Å²) in [5.41, 5.74) is 2.77. The number of dihydropyridines is 1. The smallest absolute Gasteiger partial charge is 0.223 e. The van der Waals surface area contributed by atoms with E-state index >= 15 is 0 Å². The number of hydrogen-bond acceptors (Lipinski definition) is 5. The number of nitrogens with zero attached hydrogens (tertiary/aromatic N) is 3. The zero-order valence-electron chi connectivity index (χ0n) is 11.8. The van der Waals surface area contributed by atoms with Gasteiger partial charge >= 0.3 is 0 Å². The van der Waals surface area contributed by atoms with Gasteiger partial charge in [-0.1, -0.05) is 6.08 Å². The van der Waals surface area contributed by atoms with Gasteiger partial charge in [0.1, 0.15) is 11.6 Å². The van der Waals surface area contributed by atoms with Crippen molar-refractivity contribution in [1.29, 1.82) is 5.26 Å². The summed E-state index contributed by atoms with van der Waals surface area (Å²) in [6.45, 7) is 5.93. The first-order valence-corrected chi connectivity index (χ1v) is 6.46. The van der Waals surface area contributed by atoms with E-state index < -0.39 is 0 Å². The lowest BCUT2D eigenvalue weighted by molar-refractivity contribution is 0.871. The van der Waals surface area contributed by atoms with Crippen LogP contribution in [-0.4, -0.2) is 16.0 Å². The highest BCUT2D eigenvalue weighted by Gasteiger charge is 2.13. The van der Waals surface area contributed by atoms with Crippen molar-refractivity contribution in [2.45, 2.75) is 26.8 Å². The molecule has 5 nitrogen and oxygen atoms in total. The van der Waals surface area contributed by atoms with Crippen LogP contribution in [-0.2, 0) is 0 Å². The first-order chi connectivity index (χ1) is 9.61. The SMILES string of the molecule is Cc1cnc(NC(C)C)nc1/C(C#N)=C1/C=CC=CN1. The minimum atomic E-state index is 0.236. The van der Waals surface area contributed by atoms with E-state index in [9.17, 15) is 5.26 Å². The molecule has 0 saturated heterocycles. The Hall–Kier alpha value is -2.61. The van der Waals surface area contributed by atoms with Crippen LogP contribution < -0.4 is 10.6 Å². The molecule has 0 spiro atoms. The van der Waals surface area contributed by atoms with Crippen molar-refractivity contribution in [1.82, 2.24) is 15.3 Å². The quantitative estimate of drug-likeness (QED) is 0.823. The van der Waals surface area contributed by atoms with Crippen LogP contribution in [0.3, 0.4) is 0 Å². The van der Waals surface area contributed by atoms with Gasteiger partial charge in [0, 0.05) is 18.4 Å². The topological polar surface area (TPSA) is 73.6 Å². The van der Waals surface area contributed by atoms with Crippen LogP contribution in [0.25, 0.3) is 5.57 Å². The summed E-state index contributed by atoms with van der Waals surface area (Å²) in [5, 5.41) is 15.7. The van der Waals surface area contributed by atoms with Crippen LogP contribution in [0.1, 0.15) is 25.1 Å². The second-order valence-corrected chi connectivity index (χ2v) is 4.79. The Bertz CT molecular complexity index is 632. The molecule has 1 aliphatic heterocycles. The lowest BCUT2D eigenvalue weighted by atomic mass is 10.1. The molecule has 102 valence electrons. The number of hydrogen-bond donors (Lipinski definition) is 2. The summed E-state index contributed by atoms with van der Waals surface area (Å²) in [5.74, 6) is 0.532. The summed E-state index contributed by atoms with van der Waals surface area (Å²) in [7, 11) is 0. The summed E-state index contributed by atoms with van der Waals surface area (Å²) in [6, 6.07) is 2.46. The van der Waals surface area contributed by atoms with Gasteiger partial charge in [0.15, 0.2) is 0 Å². The Balaban J connectivity index is 2.47. The number of nitriles is 1. The van der Waals surface area contributed by atoms with E-state index in [-0.39, 0.29) is 6.04 Å². The van der Waals surface area contributed by atoms with E-state index in [1.165, 1.54) is 0 Å². The third-order valence-electron chi connectivity index (χ3n) is 2.72. The third kappa shape index (κ3) is 3.04. The summed E-state index contributed by atoms with van der Waals surface area (Å²) >= 11 is 0. The van der Waals surface area contributed by atoms with E-state index in [4.69, 9.17) is 0 Å². The fraction of sp³-hybridized carbons (Fsp3) is 0.267. The van der Waals surface area contributed by atoms with E-state index in [1.54, 1.807) is 12.4 Å². The van der Waals surface area contributed by atoms with Crippen LogP contribution in [0.4, 0.5) is 5.95 Å². The van der Waals surface area contributed by atoms with Crippen molar-refractivity contribution >= 4 is 11.5 Å². The molecule has 0 aromatic carbocycles. The first-order valence-electron chi connectivity index (χ1n) is 6.46. The standard InChI is InChI=1S/C15H17N5/c1-10(2)19-15-18-9-11(3)14(20-15)12(8-16)13-6-4-5-7-17-13/h4-7,9-10,17H,1-3H3,(H,18,19,20)/b13-12-. The molecule has 0 radical (unpaired) electrons. The van der Waals surface area contributed by atoms with Crippen LogP contribution in [0, 0.1) is 18.3 Å². The Labute approximate surface area is 118 Å². The molecule has 5 heteroatoms. The fourth-order valence-corrected chi connectivity index (χ4v) is 1.81. The Morgan fingerprint density at radius 1 is 1.40 bits per heavy atom. The molecule has 2 N–H and O–H groups in total. The largest absolute Gasteiger partial charge is 0.361 e. The van der Waals surface area contributed by atoms with E-state index in [2.05, 4.69) is 26.7 Å². The Morgan fingerprint density at radius 2 is 2.20 bits per heavy atom. The van der Waals surface area contributed by atoms with Crippen molar-refractivity contribution in [3.05, 3.63) is 47.6 Å². The highest BCUT2D eigenvalue weighted by Crippen LogP contribution is 2.21. The zero-order chi connectivity index (χ0) is 14.5. The van der Waals surface area contributed by atoms with Gasteiger partial charge in [0.05, 0.1) is 11.4 Å². The van der Waals surface area contributed by atoms with Gasteiger partial charge in [-0.25, -0.2) is 9.97 Å². The van der Waals surface area contributed by atoms with E-state index in [0.717, 1.165) is 11.3 Å². The van der Waals surface area contributed by atoms with Crippen molar-refractivity contribution < 1.29 is 0 Å². The van der Waals surface area contributed by atoms with E-state index in [0.29, 0.717) is 17.2 Å². The van der Waals surface area contributed by atoms with Gasteiger partial charge in [-0.05, 0) is 38.5 Å². The number of nitrogens with one attached hydrogen (secondary N) is 2. The maximum atomic E-state index is 9.44. The van der Waals surface area contributed by atoms with Gasteiger partial charge in [0.25, 0.3) is 0 Å². The van der Waals surface area contributed by atoms with Crippen LogP contribution in [0.2, 0.25) is 0 Å². The summed E-state index contributed by atoms with van der Waals surface area (Å²) in [6.07, 6.45) is 9.13. The molecule has 0 amide bonds. The summed E-state index contributed by atoms with van der Waals surface area (Å²) < 4.78 is 0. The van der Waals surface area contributed by atoms with Crippen LogP contribution in [0.5, 0.6) is 0 Å². The molecular weight excluding hydrogens is 250 g/mol. The lowest BCUT2D eigenvalue weighted by Crippen LogP contribution is -2.14. The molecule has 0 aliphatic carbocycles. The van der Waals surface area contributed by atoms with Crippen LogP contribution >= 0.6 is 0 Å². The molecule has 0 saturated carbocycles. The highest BCUT2D eigenvalue weighted by molar-refractivity contribution is 5.80. The average molecular weight is 267 g/mol. The maximum Gasteiger partial charge on any atom is 0.223 e. The molecule has 0 bridgehead atoms. The normalized spacial score (nSPS) is 15.8. The molecular formula is C15H17N5. The second kappa shape index (κ2) is 6.02. The minimum absolute atomic E-state index is 0.236. The van der Waals surface area contributed by atoms with Gasteiger partial charge in [0.2, 0.25) is 5.95 Å². The van der Waals surface area contributed by atoms with Crippen molar-refractivity contribution in [3.63, 3.8) is 0 Å². The lowest BCUT2D eigenvalue weighted by Gasteiger charge is -2.13. The predicted octanol–water partition coefficient (Wildman–Crippen LogP) is 2.51. The third-order valence-corrected chi connectivity index (χ3v) is 2.72. The molecule has 0 atom stereocenters. The number of anilines is 1. The van der Waals surface area contributed by atoms with Gasteiger partial charge in [-0.2, -0.15) is 5.26 Å². The van der Waals surface area contributed by atoms with Crippen LogP contribution in [0.15, 0.2) is 36.3 Å². The molecule has 20 heavy (non-hydrogen) atoms. The number of allylic oxidation sites excluding steroid dienone is 4. The Morgan fingerprint density at radius 3 is 2.80 bits per heavy atom. The molecule has 0 unspecified atom stereocenters. The zero-order valence-corrected chi connectivity index (χ0v) is 11.8. The monoisotopic (exact) mass is 267 g/mol. The molecule has 1 aliphatic rings. The maximum absolute atomic E-state index is 9.44. The second-order valence-electron chi connectivity index (χ2n) is 4.79. The van der Waals surface area contributed by atoms with Gasteiger partial charge < -0.3 is 10.6 Å². The average Bonchev–Trinajstić information content (AvgIpc) is 2.44. The van der Waals surface area contributed by atoms with Gasteiger partial charge in [-0.15, -0.1) is 0 Å². The molecule has 1 aromatic rings. The Kier molecular flexibility index (Phi) is 4.16. The number of aryl methyl sites for hydroxylation is 1. The molecule has 1 aromatic heterocycles. The van der Waals surface area contributed by atoms with Crippen molar-refractivity contribution in [2.24, 2.45) is 0 Å². The summed E-state index contributed by atoms with van der Waals surface area (Å²) in [4.78, 5) is 8.69. The minimum Gasteiger partial charge on any atom is -0.361 e. The molecule has 2 rings (SSSR count). The molecule has 2 heterocycles. The van der Waals surface area contributed by atoms with Gasteiger partial charge in [-0.3, -0.25) is 0 Å². The highest BCUT2D eigenvalue weighted by atomic mass is 15.1. The predicted molar refractivity (Wildman–Crippen MR) is 79.5 cm³/mol. The number of aromatic nitrogens is 2. The van der Waals surface area contributed by atoms with Crippen molar-refractivity contribution in [2.75, 3.05) is 5.32 Å². The van der Waals surface area contributed by atoms with Crippen molar-refractivity contribution in [3.8, 4) is 6.07 Å². The van der Waals surface area contributed by atoms with E-state index in [1.807, 2.05) is 39.0 Å². The first kappa shape index (κ1) is 13.8. The molecule has 0 fully saturated rings. The fourth-order valence-electron chi connectivity index (χ4n) is 1.81.